The molecule has 1 aliphatic heterocycles. The van der Waals surface area contributed by atoms with Crippen LogP contribution in [-0.4, -0.2) is 51.5 Å². The lowest BCUT2D eigenvalue weighted by molar-refractivity contribution is -0.125. The summed E-state index contributed by atoms with van der Waals surface area (Å²) in [6.07, 6.45) is 10.4. The van der Waals surface area contributed by atoms with Gasteiger partial charge in [-0.3, -0.25) is 4.99 Å². The number of rotatable bonds is 8. The number of nitrogens with one attached hydrogen (secondary N) is 2. The highest BCUT2D eigenvalue weighted by molar-refractivity contribution is 5.80. The summed E-state index contributed by atoms with van der Waals surface area (Å²) in [5.41, 5.74) is 0.377. The van der Waals surface area contributed by atoms with Gasteiger partial charge in [-0.2, -0.15) is 0 Å². The first-order valence-electron chi connectivity index (χ1n) is 9.98. The molecular formula is C19H35N3O2. The third-order valence-electron chi connectivity index (χ3n) is 6.20. The molecule has 3 fully saturated rings. The number of nitrogens with zero attached hydrogens (tertiary/aromatic N) is 1. The largest absolute Gasteiger partial charge is 0.381 e. The highest BCUT2D eigenvalue weighted by Crippen LogP contribution is 2.60. The maximum absolute atomic E-state index is 6.06. The average molecular weight is 338 g/mol. The van der Waals surface area contributed by atoms with Crippen molar-refractivity contribution in [3.05, 3.63) is 0 Å². The molecule has 24 heavy (non-hydrogen) atoms. The van der Waals surface area contributed by atoms with Crippen molar-refractivity contribution in [1.82, 2.24) is 10.6 Å². The molecule has 0 bridgehead atoms. The summed E-state index contributed by atoms with van der Waals surface area (Å²) in [5, 5.41) is 7.20. The van der Waals surface area contributed by atoms with Crippen LogP contribution in [0, 0.1) is 11.3 Å². The molecule has 3 atom stereocenters. The second kappa shape index (κ2) is 8.52. The van der Waals surface area contributed by atoms with Crippen LogP contribution in [0.25, 0.3) is 0 Å². The molecule has 1 spiro atoms. The van der Waals surface area contributed by atoms with E-state index in [9.17, 15) is 0 Å². The van der Waals surface area contributed by atoms with E-state index in [2.05, 4.69) is 22.5 Å². The molecule has 1 saturated heterocycles. The van der Waals surface area contributed by atoms with E-state index in [4.69, 9.17) is 9.47 Å². The molecule has 3 unspecified atom stereocenters. The van der Waals surface area contributed by atoms with Crippen molar-refractivity contribution >= 4 is 5.96 Å². The molecule has 2 N–H and O–H groups in total. The Morgan fingerprint density at radius 3 is 2.79 bits per heavy atom. The smallest absolute Gasteiger partial charge is 0.191 e. The lowest BCUT2D eigenvalue weighted by Crippen LogP contribution is -2.69. The van der Waals surface area contributed by atoms with Crippen molar-refractivity contribution in [1.29, 1.82) is 0 Å². The Morgan fingerprint density at radius 2 is 2.04 bits per heavy atom. The topological polar surface area (TPSA) is 54.9 Å². The van der Waals surface area contributed by atoms with E-state index in [1.807, 2.05) is 7.05 Å². The van der Waals surface area contributed by atoms with E-state index in [-0.39, 0.29) is 0 Å². The normalized spacial score (nSPS) is 31.1. The molecule has 0 radical (unpaired) electrons. The van der Waals surface area contributed by atoms with Crippen molar-refractivity contribution in [3.8, 4) is 0 Å². The number of hydrogen-bond donors (Lipinski definition) is 2. The maximum atomic E-state index is 6.06. The van der Waals surface area contributed by atoms with Gasteiger partial charge in [-0.05, 0) is 32.1 Å². The van der Waals surface area contributed by atoms with E-state index in [0.29, 0.717) is 23.5 Å². The van der Waals surface area contributed by atoms with E-state index < -0.39 is 0 Å². The molecule has 2 aliphatic carbocycles. The van der Waals surface area contributed by atoms with Crippen molar-refractivity contribution < 1.29 is 9.47 Å². The van der Waals surface area contributed by atoms with Gasteiger partial charge in [0.25, 0.3) is 0 Å². The Hall–Kier alpha value is -0.810. The van der Waals surface area contributed by atoms with Gasteiger partial charge in [-0.25, -0.2) is 0 Å². The number of unbranched alkanes of at least 4 members (excludes halogenated alkanes) is 1. The molecular weight excluding hydrogens is 302 g/mol. The highest BCUT2D eigenvalue weighted by Gasteiger charge is 2.65. The fourth-order valence-corrected chi connectivity index (χ4v) is 4.98. The number of aliphatic imine (C=N–C) groups is 1. The van der Waals surface area contributed by atoms with Crippen molar-refractivity contribution in [2.75, 3.05) is 33.4 Å². The minimum absolute atomic E-state index is 0.377. The molecule has 0 amide bonds. The van der Waals surface area contributed by atoms with Crippen LogP contribution in [0.2, 0.25) is 0 Å². The summed E-state index contributed by atoms with van der Waals surface area (Å²) in [4.78, 5) is 4.44. The average Bonchev–Trinajstić information content (AvgIpc) is 3.25. The lowest BCUT2D eigenvalue weighted by Gasteiger charge is -2.57. The van der Waals surface area contributed by atoms with Crippen LogP contribution in [0.3, 0.4) is 0 Å². The maximum Gasteiger partial charge on any atom is 0.191 e. The summed E-state index contributed by atoms with van der Waals surface area (Å²) in [7, 11) is 1.87. The Kier molecular flexibility index (Phi) is 6.39. The van der Waals surface area contributed by atoms with Gasteiger partial charge in [0.1, 0.15) is 0 Å². The molecule has 0 aromatic heterocycles. The molecule has 2 saturated carbocycles. The van der Waals surface area contributed by atoms with Crippen LogP contribution in [0.15, 0.2) is 4.99 Å². The van der Waals surface area contributed by atoms with Gasteiger partial charge in [0.2, 0.25) is 0 Å². The summed E-state index contributed by atoms with van der Waals surface area (Å²) in [6, 6.07) is 0.541. The number of hydrogen-bond acceptors (Lipinski definition) is 3. The first-order valence-corrected chi connectivity index (χ1v) is 9.98. The van der Waals surface area contributed by atoms with Crippen LogP contribution >= 0.6 is 0 Å². The molecule has 5 heteroatoms. The summed E-state index contributed by atoms with van der Waals surface area (Å²) < 4.78 is 11.7. The molecule has 0 aromatic rings. The van der Waals surface area contributed by atoms with Gasteiger partial charge in [0, 0.05) is 50.8 Å². The number of ether oxygens (including phenoxy) is 2. The van der Waals surface area contributed by atoms with Gasteiger partial charge in [0.15, 0.2) is 5.96 Å². The van der Waals surface area contributed by atoms with Gasteiger partial charge < -0.3 is 20.1 Å². The standard InChI is InChI=1S/C19H35N3O2/c1-3-4-12-23-13-7-11-21-18(20-2)22-16-15-8-14-24-17(15)19(16)9-5-6-10-19/h15-17H,3-14H2,1-2H3,(H2,20,21,22). The first-order chi connectivity index (χ1) is 11.8. The molecule has 0 aromatic carbocycles. The van der Waals surface area contributed by atoms with Crippen LogP contribution in [0.1, 0.15) is 58.3 Å². The van der Waals surface area contributed by atoms with Crippen molar-refractivity contribution in [3.63, 3.8) is 0 Å². The van der Waals surface area contributed by atoms with Gasteiger partial charge >= 0.3 is 0 Å². The first kappa shape index (κ1) is 18.0. The summed E-state index contributed by atoms with van der Waals surface area (Å²) in [6.45, 7) is 5.76. The van der Waals surface area contributed by atoms with Crippen molar-refractivity contribution in [2.45, 2.75) is 70.4 Å². The monoisotopic (exact) mass is 337 g/mol. The zero-order valence-electron chi connectivity index (χ0n) is 15.5. The van der Waals surface area contributed by atoms with Crippen molar-refractivity contribution in [2.24, 2.45) is 16.3 Å². The third kappa shape index (κ3) is 3.57. The molecule has 3 aliphatic rings. The van der Waals surface area contributed by atoms with E-state index in [1.54, 1.807) is 0 Å². The zero-order valence-corrected chi connectivity index (χ0v) is 15.5. The quantitative estimate of drug-likeness (QED) is 0.406. The second-order valence-electron chi connectivity index (χ2n) is 7.62. The van der Waals surface area contributed by atoms with Gasteiger partial charge in [-0.1, -0.05) is 26.2 Å². The van der Waals surface area contributed by atoms with Crippen LogP contribution < -0.4 is 10.6 Å². The predicted octanol–water partition coefficient (Wildman–Crippen LogP) is 2.71. The fourth-order valence-electron chi connectivity index (χ4n) is 4.98. The van der Waals surface area contributed by atoms with Crippen LogP contribution in [0.4, 0.5) is 0 Å². The predicted molar refractivity (Wildman–Crippen MR) is 97.4 cm³/mol. The Morgan fingerprint density at radius 1 is 1.25 bits per heavy atom. The van der Waals surface area contributed by atoms with Crippen LogP contribution in [-0.2, 0) is 9.47 Å². The molecule has 5 nitrogen and oxygen atoms in total. The Balaban J connectivity index is 1.42. The third-order valence-corrected chi connectivity index (χ3v) is 6.20. The minimum Gasteiger partial charge on any atom is -0.381 e. The molecule has 1 heterocycles. The minimum atomic E-state index is 0.377. The summed E-state index contributed by atoms with van der Waals surface area (Å²) >= 11 is 0. The SMILES string of the molecule is CCCCOCCCNC(=NC)NC1C2CCOC2C12CCCC2. The number of guanidine groups is 1. The lowest BCUT2D eigenvalue weighted by atomic mass is 9.54. The summed E-state index contributed by atoms with van der Waals surface area (Å²) in [5.74, 6) is 1.63. The Labute approximate surface area is 147 Å². The zero-order chi connectivity index (χ0) is 16.8. The molecule has 3 rings (SSSR count). The fraction of sp³-hybridized carbons (Fsp3) is 0.947. The van der Waals surface area contributed by atoms with Gasteiger partial charge in [0.05, 0.1) is 6.10 Å². The highest BCUT2D eigenvalue weighted by atomic mass is 16.5. The molecule has 138 valence electrons. The van der Waals surface area contributed by atoms with E-state index in [0.717, 1.165) is 45.2 Å². The van der Waals surface area contributed by atoms with Gasteiger partial charge in [-0.15, -0.1) is 0 Å². The van der Waals surface area contributed by atoms with E-state index >= 15 is 0 Å². The van der Waals surface area contributed by atoms with E-state index in [1.165, 1.54) is 38.5 Å². The second-order valence-corrected chi connectivity index (χ2v) is 7.62. The Bertz CT molecular complexity index is 421. The number of fused-ring (bicyclic) bond motifs is 2. The van der Waals surface area contributed by atoms with Crippen LogP contribution in [0.5, 0.6) is 0 Å².